The minimum absolute atomic E-state index is 0.00152. The number of allylic oxidation sites excluding steroid dienone is 3. The highest BCUT2D eigenvalue weighted by molar-refractivity contribution is 5.92. The fourth-order valence-corrected chi connectivity index (χ4v) is 5.10. The predicted molar refractivity (Wildman–Crippen MR) is 125 cm³/mol. The molecule has 0 bridgehead atoms. The highest BCUT2D eigenvalue weighted by atomic mass is 16.8. The molecule has 2 heterocycles. The zero-order valence-corrected chi connectivity index (χ0v) is 21.3. The smallest absolute Gasteiger partial charge is 0.187 e. The van der Waals surface area contributed by atoms with Crippen molar-refractivity contribution in [1.82, 2.24) is 0 Å². The molecule has 0 spiro atoms. The summed E-state index contributed by atoms with van der Waals surface area (Å²) in [5, 5.41) is 61.0. The zero-order chi connectivity index (χ0) is 26.9. The number of rotatable bonds is 7. The molecule has 36 heavy (non-hydrogen) atoms. The summed E-state index contributed by atoms with van der Waals surface area (Å²) in [4.78, 5) is 12.0. The summed E-state index contributed by atoms with van der Waals surface area (Å²) in [5.41, 5.74) is 0.657. The molecule has 2 saturated heterocycles. The number of ether oxygens (including phenoxy) is 4. The van der Waals surface area contributed by atoms with E-state index in [1.807, 2.05) is 26.8 Å². The summed E-state index contributed by atoms with van der Waals surface area (Å²) in [6.07, 6.45) is -8.55. The molecule has 2 aliphatic heterocycles. The predicted octanol–water partition coefficient (Wildman–Crippen LogP) is -0.839. The van der Waals surface area contributed by atoms with Crippen LogP contribution in [0.3, 0.4) is 0 Å². The van der Waals surface area contributed by atoms with Gasteiger partial charge in [-0.25, -0.2) is 0 Å². The van der Waals surface area contributed by atoms with Crippen LogP contribution in [-0.2, 0) is 23.7 Å². The number of hydrogen-bond acceptors (Lipinski definition) is 11. The molecule has 0 aromatic rings. The molecule has 1 aliphatic carbocycles. The lowest BCUT2D eigenvalue weighted by atomic mass is 9.68. The van der Waals surface area contributed by atoms with Crippen LogP contribution in [0.4, 0.5) is 0 Å². The van der Waals surface area contributed by atoms with E-state index in [-0.39, 0.29) is 17.1 Å². The standard InChI is InChI=1S/C25H40O11/c1-11-8-14(27)9-25(4,5)15(11)7-6-12(2)33-24-22(20(31)18(29)16(10-26)35-24)36-23-21(32)19(30)17(28)13(3)34-23/h6-8,12-13,15-24,26,28-32H,9-10H2,1-5H3/b7-6+/t12-,13+,15-,16-,17+,18-,19-,20+,21-,22-,23+,24-/m1/s1. The molecule has 12 atom stereocenters. The lowest BCUT2D eigenvalue weighted by molar-refractivity contribution is -0.367. The van der Waals surface area contributed by atoms with Gasteiger partial charge >= 0.3 is 0 Å². The molecular weight excluding hydrogens is 476 g/mol. The summed E-state index contributed by atoms with van der Waals surface area (Å²) < 4.78 is 22.8. The first-order chi connectivity index (χ1) is 16.8. The molecule has 3 rings (SSSR count). The Bertz CT molecular complexity index is 827. The fraction of sp³-hybridized carbons (Fsp3) is 0.800. The van der Waals surface area contributed by atoms with Crippen molar-refractivity contribution in [1.29, 1.82) is 0 Å². The van der Waals surface area contributed by atoms with Crippen molar-refractivity contribution in [2.24, 2.45) is 11.3 Å². The second-order valence-corrected chi connectivity index (χ2v) is 10.7. The minimum atomic E-state index is -1.64. The second-order valence-electron chi connectivity index (χ2n) is 10.7. The molecule has 206 valence electrons. The van der Waals surface area contributed by atoms with Gasteiger partial charge in [0, 0.05) is 12.3 Å². The molecule has 0 aromatic carbocycles. The topological polar surface area (TPSA) is 175 Å². The van der Waals surface area contributed by atoms with Gasteiger partial charge in [0.25, 0.3) is 0 Å². The Morgan fingerprint density at radius 2 is 1.72 bits per heavy atom. The van der Waals surface area contributed by atoms with Gasteiger partial charge in [0.2, 0.25) is 0 Å². The first-order valence-corrected chi connectivity index (χ1v) is 12.3. The average Bonchev–Trinajstić information content (AvgIpc) is 2.79. The minimum Gasteiger partial charge on any atom is -0.394 e. The molecule has 11 nitrogen and oxygen atoms in total. The Kier molecular flexibility index (Phi) is 9.48. The quantitative estimate of drug-likeness (QED) is 0.233. The molecule has 3 aliphatic rings. The van der Waals surface area contributed by atoms with E-state index in [0.717, 1.165) is 5.57 Å². The third-order valence-electron chi connectivity index (χ3n) is 7.20. The molecule has 0 radical (unpaired) electrons. The van der Waals surface area contributed by atoms with Gasteiger partial charge in [0.1, 0.15) is 42.7 Å². The van der Waals surface area contributed by atoms with Gasteiger partial charge in [-0.2, -0.15) is 0 Å². The molecule has 0 amide bonds. The molecular formula is C25H40O11. The third-order valence-corrected chi connectivity index (χ3v) is 7.20. The normalized spacial score (nSPS) is 44.5. The lowest BCUT2D eigenvalue weighted by Gasteiger charge is -2.46. The summed E-state index contributed by atoms with van der Waals surface area (Å²) >= 11 is 0. The average molecular weight is 517 g/mol. The second kappa shape index (κ2) is 11.6. The van der Waals surface area contributed by atoms with Gasteiger partial charge in [-0.15, -0.1) is 0 Å². The summed E-state index contributed by atoms with van der Waals surface area (Å²) in [6, 6.07) is 0. The monoisotopic (exact) mass is 516 g/mol. The molecule has 0 saturated carbocycles. The van der Waals surface area contributed by atoms with Crippen molar-refractivity contribution in [2.75, 3.05) is 6.61 Å². The highest BCUT2D eigenvalue weighted by Crippen LogP contribution is 2.40. The summed E-state index contributed by atoms with van der Waals surface area (Å²) in [6.45, 7) is 8.56. The van der Waals surface area contributed by atoms with E-state index in [0.29, 0.717) is 6.42 Å². The van der Waals surface area contributed by atoms with Crippen molar-refractivity contribution < 1.29 is 54.4 Å². The van der Waals surface area contributed by atoms with E-state index in [1.54, 1.807) is 19.1 Å². The fourth-order valence-electron chi connectivity index (χ4n) is 5.10. The highest BCUT2D eigenvalue weighted by Gasteiger charge is 2.50. The van der Waals surface area contributed by atoms with Crippen LogP contribution < -0.4 is 0 Å². The molecule has 11 heteroatoms. The summed E-state index contributed by atoms with van der Waals surface area (Å²) in [7, 11) is 0. The van der Waals surface area contributed by atoms with Gasteiger partial charge in [-0.1, -0.05) is 31.6 Å². The maximum Gasteiger partial charge on any atom is 0.187 e. The van der Waals surface area contributed by atoms with Crippen LogP contribution in [-0.4, -0.2) is 111 Å². The van der Waals surface area contributed by atoms with E-state index >= 15 is 0 Å². The molecule has 0 aromatic heterocycles. The van der Waals surface area contributed by atoms with Crippen molar-refractivity contribution in [3.8, 4) is 0 Å². The zero-order valence-electron chi connectivity index (χ0n) is 21.3. The number of hydrogen-bond donors (Lipinski definition) is 6. The van der Waals surface area contributed by atoms with Crippen LogP contribution in [0.15, 0.2) is 23.8 Å². The SMILES string of the molecule is CC1=CC(=O)CC(C)(C)[C@@H]1/C=C/[C@@H](C)O[C@@H]1O[C@H](CO)[C@@H](O)[C@H](O)[C@H]1O[C@@H]1O[C@@H](C)[C@H](O)[C@@H](O)[C@H]1O. The van der Waals surface area contributed by atoms with Gasteiger partial charge < -0.3 is 49.6 Å². The Balaban J connectivity index is 1.76. The Labute approximate surface area is 210 Å². The van der Waals surface area contributed by atoms with Crippen LogP contribution in [0, 0.1) is 11.3 Å². The van der Waals surface area contributed by atoms with Gasteiger partial charge in [-0.05, 0) is 32.3 Å². The van der Waals surface area contributed by atoms with Crippen molar-refractivity contribution in [3.05, 3.63) is 23.8 Å². The summed E-state index contributed by atoms with van der Waals surface area (Å²) in [5.74, 6) is 0.0853. The lowest BCUT2D eigenvalue weighted by Crippen LogP contribution is -2.64. The first kappa shape index (κ1) is 29.3. The van der Waals surface area contributed by atoms with Crippen molar-refractivity contribution >= 4 is 5.78 Å². The maximum atomic E-state index is 12.0. The Morgan fingerprint density at radius 3 is 2.33 bits per heavy atom. The van der Waals surface area contributed by atoms with Gasteiger partial charge in [-0.3, -0.25) is 4.79 Å². The molecule has 2 fully saturated rings. The van der Waals surface area contributed by atoms with Crippen LogP contribution in [0.5, 0.6) is 0 Å². The van der Waals surface area contributed by atoms with Gasteiger partial charge in [0.15, 0.2) is 18.4 Å². The van der Waals surface area contributed by atoms with Crippen LogP contribution in [0.2, 0.25) is 0 Å². The van der Waals surface area contributed by atoms with Crippen LogP contribution in [0.1, 0.15) is 41.0 Å². The number of aliphatic hydroxyl groups is 6. The number of carbonyl (C=O) groups is 1. The number of carbonyl (C=O) groups excluding carboxylic acids is 1. The maximum absolute atomic E-state index is 12.0. The largest absolute Gasteiger partial charge is 0.394 e. The van der Waals surface area contributed by atoms with Crippen molar-refractivity contribution in [3.63, 3.8) is 0 Å². The molecule has 6 N–H and O–H groups in total. The van der Waals surface area contributed by atoms with Crippen LogP contribution in [0.25, 0.3) is 0 Å². The van der Waals surface area contributed by atoms with Crippen molar-refractivity contribution in [2.45, 2.75) is 109 Å². The van der Waals surface area contributed by atoms with Crippen LogP contribution >= 0.6 is 0 Å². The number of ketones is 1. The number of aliphatic hydroxyl groups excluding tert-OH is 6. The van der Waals surface area contributed by atoms with E-state index in [4.69, 9.17) is 18.9 Å². The third kappa shape index (κ3) is 6.24. The van der Waals surface area contributed by atoms with E-state index < -0.39 is 74.1 Å². The van der Waals surface area contributed by atoms with E-state index in [1.165, 1.54) is 6.92 Å². The molecule has 0 unspecified atom stereocenters. The van der Waals surface area contributed by atoms with E-state index in [2.05, 4.69) is 0 Å². The van der Waals surface area contributed by atoms with E-state index in [9.17, 15) is 35.4 Å². The first-order valence-electron chi connectivity index (χ1n) is 12.3. The Hall–Kier alpha value is -1.25. The van der Waals surface area contributed by atoms with Gasteiger partial charge in [0.05, 0.1) is 18.8 Å². The Morgan fingerprint density at radius 1 is 1.06 bits per heavy atom.